The molecule has 1 heterocycles. The van der Waals surface area contributed by atoms with Crippen LogP contribution in [0.3, 0.4) is 0 Å². The number of aliphatic hydroxyl groups is 1. The van der Waals surface area contributed by atoms with Crippen molar-refractivity contribution < 1.29 is 9.90 Å². The van der Waals surface area contributed by atoms with Gasteiger partial charge in [0.1, 0.15) is 0 Å². The largest absolute Gasteiger partial charge is 0.391 e. The molecular weight excluding hydrogens is 208 g/mol. The lowest BCUT2D eigenvalue weighted by Crippen LogP contribution is -2.35. The van der Waals surface area contributed by atoms with Gasteiger partial charge < -0.3 is 15.4 Å². The van der Waals surface area contributed by atoms with Crippen LogP contribution in [-0.2, 0) is 0 Å². The van der Waals surface area contributed by atoms with E-state index in [9.17, 15) is 14.7 Å². The third kappa shape index (κ3) is 3.51. The summed E-state index contributed by atoms with van der Waals surface area (Å²) in [6.45, 7) is 3.91. The Kier molecular flexibility index (Phi) is 4.25. The van der Waals surface area contributed by atoms with Crippen LogP contribution in [0.25, 0.3) is 0 Å². The number of aromatic nitrogens is 1. The minimum absolute atomic E-state index is 0.0828. The maximum Gasteiger partial charge on any atom is 0.251 e. The quantitative estimate of drug-likeness (QED) is 0.679. The predicted molar refractivity (Wildman–Crippen MR) is 60.2 cm³/mol. The number of rotatable bonds is 4. The number of aliphatic hydroxyl groups excluding tert-OH is 1. The van der Waals surface area contributed by atoms with Gasteiger partial charge in [-0.25, -0.2) is 0 Å². The zero-order chi connectivity index (χ0) is 12.1. The topological polar surface area (TPSA) is 82.2 Å². The lowest BCUT2D eigenvalue weighted by atomic mass is 10.1. The lowest BCUT2D eigenvalue weighted by molar-refractivity contribution is 0.0871. The molecule has 0 fully saturated rings. The number of hydrogen-bond donors (Lipinski definition) is 3. The molecule has 0 bridgehead atoms. The van der Waals surface area contributed by atoms with Gasteiger partial charge in [0.25, 0.3) is 5.91 Å². The molecule has 1 amide bonds. The third-order valence-electron chi connectivity index (χ3n) is 2.28. The second-order valence-corrected chi connectivity index (χ2v) is 3.96. The summed E-state index contributed by atoms with van der Waals surface area (Å²) < 4.78 is 0. The number of aromatic amines is 1. The fraction of sp³-hybridized carbons (Fsp3) is 0.455. The van der Waals surface area contributed by atoms with Crippen LogP contribution >= 0.6 is 0 Å². The normalized spacial score (nSPS) is 12.5. The molecule has 0 aromatic carbocycles. The summed E-state index contributed by atoms with van der Waals surface area (Å²) in [6.07, 6.45) is 0.835. The Morgan fingerprint density at radius 2 is 2.25 bits per heavy atom. The summed E-state index contributed by atoms with van der Waals surface area (Å²) in [7, 11) is 0. The molecule has 0 saturated heterocycles. The van der Waals surface area contributed by atoms with Crippen LogP contribution in [0.2, 0.25) is 0 Å². The first-order valence-electron chi connectivity index (χ1n) is 5.15. The number of H-pyrrole nitrogens is 1. The zero-order valence-corrected chi connectivity index (χ0v) is 9.36. The van der Waals surface area contributed by atoms with Crippen molar-refractivity contribution >= 4 is 5.91 Å². The Balaban J connectivity index is 2.57. The van der Waals surface area contributed by atoms with Crippen molar-refractivity contribution in [2.45, 2.75) is 20.0 Å². The summed E-state index contributed by atoms with van der Waals surface area (Å²) in [5, 5.41) is 12.1. The lowest BCUT2D eigenvalue weighted by Gasteiger charge is -2.14. The molecular formula is C11H16N2O3. The van der Waals surface area contributed by atoms with Gasteiger partial charge in [0.15, 0.2) is 0 Å². The summed E-state index contributed by atoms with van der Waals surface area (Å²) in [6, 6.07) is 2.73. The molecule has 1 rings (SSSR count). The first kappa shape index (κ1) is 12.4. The zero-order valence-electron chi connectivity index (χ0n) is 9.36. The molecule has 0 saturated carbocycles. The van der Waals surface area contributed by atoms with Crippen molar-refractivity contribution in [3.05, 3.63) is 34.2 Å². The summed E-state index contributed by atoms with van der Waals surface area (Å²) in [5.74, 6) is -0.273. The van der Waals surface area contributed by atoms with Crippen molar-refractivity contribution in [2.75, 3.05) is 6.54 Å². The fourth-order valence-electron chi connectivity index (χ4n) is 1.12. The van der Waals surface area contributed by atoms with E-state index in [-0.39, 0.29) is 23.9 Å². The molecule has 3 N–H and O–H groups in total. The number of carbonyl (C=O) groups excluding carboxylic acids is 1. The summed E-state index contributed by atoms with van der Waals surface area (Å²) >= 11 is 0. The van der Waals surface area contributed by atoms with E-state index in [1.54, 1.807) is 0 Å². The molecule has 0 aliphatic heterocycles. The van der Waals surface area contributed by atoms with Crippen molar-refractivity contribution in [3.8, 4) is 0 Å². The Bertz CT molecular complexity index is 412. The van der Waals surface area contributed by atoms with Crippen molar-refractivity contribution in [2.24, 2.45) is 5.92 Å². The number of hydrogen-bond acceptors (Lipinski definition) is 3. The Hall–Kier alpha value is -1.62. The molecule has 0 aliphatic carbocycles. The van der Waals surface area contributed by atoms with Crippen LogP contribution in [-0.4, -0.2) is 28.6 Å². The van der Waals surface area contributed by atoms with E-state index in [4.69, 9.17) is 0 Å². The fourth-order valence-corrected chi connectivity index (χ4v) is 1.12. The number of carbonyl (C=O) groups is 1. The van der Waals surface area contributed by atoms with Crippen LogP contribution in [0.1, 0.15) is 24.2 Å². The number of amides is 1. The van der Waals surface area contributed by atoms with Gasteiger partial charge in [-0.1, -0.05) is 13.8 Å². The molecule has 0 spiro atoms. The smallest absolute Gasteiger partial charge is 0.251 e. The molecule has 1 unspecified atom stereocenters. The Morgan fingerprint density at radius 1 is 1.56 bits per heavy atom. The molecule has 5 heteroatoms. The van der Waals surface area contributed by atoms with E-state index >= 15 is 0 Å². The third-order valence-corrected chi connectivity index (χ3v) is 2.28. The van der Waals surface area contributed by atoms with Crippen LogP contribution < -0.4 is 10.9 Å². The highest BCUT2D eigenvalue weighted by Crippen LogP contribution is 2.00. The first-order valence-corrected chi connectivity index (χ1v) is 5.15. The predicted octanol–water partition coefficient (Wildman–Crippen LogP) is 0.122. The maximum atomic E-state index is 11.5. The number of pyridine rings is 1. The highest BCUT2D eigenvalue weighted by molar-refractivity contribution is 5.93. The molecule has 1 aromatic heterocycles. The van der Waals surface area contributed by atoms with Crippen LogP contribution in [0.4, 0.5) is 0 Å². The molecule has 5 nitrogen and oxygen atoms in total. The molecule has 0 aliphatic rings. The molecule has 88 valence electrons. The average Bonchev–Trinajstić information content (AvgIpc) is 2.25. The molecule has 1 atom stereocenters. The minimum atomic E-state index is -0.578. The number of nitrogens with one attached hydrogen (secondary N) is 2. The van der Waals surface area contributed by atoms with E-state index in [2.05, 4.69) is 10.3 Å². The second kappa shape index (κ2) is 5.46. The van der Waals surface area contributed by atoms with Crippen molar-refractivity contribution in [3.63, 3.8) is 0 Å². The van der Waals surface area contributed by atoms with Gasteiger partial charge in [-0.2, -0.15) is 0 Å². The van der Waals surface area contributed by atoms with Gasteiger partial charge in [0, 0.05) is 24.4 Å². The van der Waals surface area contributed by atoms with Crippen LogP contribution in [0.5, 0.6) is 0 Å². The van der Waals surface area contributed by atoms with Gasteiger partial charge in [-0.15, -0.1) is 0 Å². The van der Waals surface area contributed by atoms with E-state index in [1.165, 1.54) is 18.3 Å². The van der Waals surface area contributed by atoms with Gasteiger partial charge in [0.2, 0.25) is 5.56 Å². The van der Waals surface area contributed by atoms with E-state index < -0.39 is 6.10 Å². The molecule has 1 aromatic rings. The highest BCUT2D eigenvalue weighted by Gasteiger charge is 2.11. The Labute approximate surface area is 93.5 Å². The van der Waals surface area contributed by atoms with Crippen molar-refractivity contribution in [1.29, 1.82) is 0 Å². The van der Waals surface area contributed by atoms with E-state index in [0.29, 0.717) is 5.56 Å². The van der Waals surface area contributed by atoms with Gasteiger partial charge in [-0.3, -0.25) is 9.59 Å². The van der Waals surface area contributed by atoms with Gasteiger partial charge in [-0.05, 0) is 12.0 Å². The van der Waals surface area contributed by atoms with Gasteiger partial charge >= 0.3 is 0 Å². The standard InChI is InChI=1S/C11H16N2O3/c1-7(2)9(14)6-13-11(16)8-3-4-12-10(15)5-8/h3-5,7,9,14H,6H2,1-2H3,(H,12,15)(H,13,16). The monoisotopic (exact) mass is 224 g/mol. The SMILES string of the molecule is CC(C)C(O)CNC(=O)c1cc[nH]c(=O)c1. The first-order chi connectivity index (χ1) is 7.50. The van der Waals surface area contributed by atoms with E-state index in [1.807, 2.05) is 13.8 Å². The summed E-state index contributed by atoms with van der Waals surface area (Å²) in [4.78, 5) is 24.9. The Morgan fingerprint density at radius 3 is 2.81 bits per heavy atom. The molecule has 16 heavy (non-hydrogen) atoms. The summed E-state index contributed by atoms with van der Waals surface area (Å²) in [5.41, 5.74) is -0.0308. The maximum absolute atomic E-state index is 11.5. The van der Waals surface area contributed by atoms with Crippen LogP contribution in [0, 0.1) is 5.92 Å². The average molecular weight is 224 g/mol. The van der Waals surface area contributed by atoms with Gasteiger partial charge in [0.05, 0.1) is 6.10 Å². The molecule has 0 radical (unpaired) electrons. The minimum Gasteiger partial charge on any atom is -0.391 e. The van der Waals surface area contributed by atoms with Crippen molar-refractivity contribution in [1.82, 2.24) is 10.3 Å². The highest BCUT2D eigenvalue weighted by atomic mass is 16.3. The second-order valence-electron chi connectivity index (χ2n) is 3.96. The van der Waals surface area contributed by atoms with E-state index in [0.717, 1.165) is 0 Å². The van der Waals surface area contributed by atoms with Crippen LogP contribution in [0.15, 0.2) is 23.1 Å².